The Bertz CT molecular complexity index is 609. The lowest BCUT2D eigenvalue weighted by Crippen LogP contribution is -2.40. The lowest BCUT2D eigenvalue weighted by molar-refractivity contribution is -0.119. The molecule has 0 aliphatic rings. The first kappa shape index (κ1) is 16.7. The van der Waals surface area contributed by atoms with E-state index in [0.29, 0.717) is 13.1 Å². The maximum Gasteiger partial charge on any atom is 0.241 e. The highest BCUT2D eigenvalue weighted by molar-refractivity contribution is 7.10. The first-order valence-corrected chi connectivity index (χ1v) is 8.52. The van der Waals surface area contributed by atoms with Gasteiger partial charge in [-0.3, -0.25) is 9.69 Å². The predicted molar refractivity (Wildman–Crippen MR) is 94.6 cm³/mol. The number of thiophene rings is 1. The summed E-state index contributed by atoms with van der Waals surface area (Å²) in [6.45, 7) is 7.31. The van der Waals surface area contributed by atoms with E-state index in [1.165, 1.54) is 4.88 Å². The van der Waals surface area contributed by atoms with Crippen LogP contribution in [-0.4, -0.2) is 30.9 Å². The van der Waals surface area contributed by atoms with Gasteiger partial charge in [-0.2, -0.15) is 0 Å². The first-order valence-electron chi connectivity index (χ1n) is 7.64. The molecule has 1 atom stereocenters. The normalized spacial score (nSPS) is 12.4. The molecule has 0 aliphatic heterocycles. The first-order chi connectivity index (χ1) is 10.5. The van der Waals surface area contributed by atoms with Gasteiger partial charge in [0.15, 0.2) is 0 Å². The summed E-state index contributed by atoms with van der Waals surface area (Å²) in [6.07, 6.45) is 0. The molecule has 0 radical (unpaired) electrons. The summed E-state index contributed by atoms with van der Waals surface area (Å²) < 4.78 is 0. The minimum atomic E-state index is 0.141. The Labute approximate surface area is 137 Å². The van der Waals surface area contributed by atoms with Crippen molar-refractivity contribution in [1.29, 1.82) is 0 Å². The molecular weight excluding hydrogens is 292 g/mol. The minimum absolute atomic E-state index is 0.141. The van der Waals surface area contributed by atoms with Crippen molar-refractivity contribution in [2.45, 2.75) is 26.8 Å². The van der Waals surface area contributed by atoms with Gasteiger partial charge in [0.2, 0.25) is 5.91 Å². The van der Waals surface area contributed by atoms with Crippen LogP contribution in [0.1, 0.15) is 30.3 Å². The monoisotopic (exact) mass is 316 g/mol. The molecule has 1 heterocycles. The Hall–Kier alpha value is -1.65. The maximum absolute atomic E-state index is 12.7. The number of para-hydroxylation sites is 1. The molecule has 22 heavy (non-hydrogen) atoms. The van der Waals surface area contributed by atoms with Crippen molar-refractivity contribution in [1.82, 2.24) is 4.90 Å². The molecule has 0 N–H and O–H groups in total. The Morgan fingerprint density at radius 2 is 1.95 bits per heavy atom. The molecule has 0 fully saturated rings. The molecule has 0 bridgehead atoms. The molecule has 1 amide bonds. The number of rotatable bonds is 6. The molecule has 0 spiro atoms. The van der Waals surface area contributed by atoms with Gasteiger partial charge in [0.05, 0.1) is 6.54 Å². The third kappa shape index (κ3) is 3.76. The quantitative estimate of drug-likeness (QED) is 0.801. The fourth-order valence-corrected chi connectivity index (χ4v) is 3.38. The van der Waals surface area contributed by atoms with E-state index in [4.69, 9.17) is 0 Å². The number of hydrogen-bond acceptors (Lipinski definition) is 3. The lowest BCUT2D eigenvalue weighted by atomic mass is 10.1. The van der Waals surface area contributed by atoms with Gasteiger partial charge in [-0.25, -0.2) is 0 Å². The molecule has 1 aromatic carbocycles. The largest absolute Gasteiger partial charge is 0.311 e. The Morgan fingerprint density at radius 3 is 2.55 bits per heavy atom. The van der Waals surface area contributed by atoms with Crippen LogP contribution in [0, 0.1) is 6.92 Å². The van der Waals surface area contributed by atoms with Crippen molar-refractivity contribution in [3.05, 3.63) is 52.2 Å². The number of anilines is 1. The molecule has 2 aromatic rings. The van der Waals surface area contributed by atoms with Crippen LogP contribution in [0.15, 0.2) is 41.8 Å². The van der Waals surface area contributed by atoms with E-state index in [0.717, 1.165) is 11.3 Å². The average Bonchev–Trinajstić information content (AvgIpc) is 3.03. The van der Waals surface area contributed by atoms with Gasteiger partial charge in [-0.15, -0.1) is 11.3 Å². The van der Waals surface area contributed by atoms with Crippen LogP contribution < -0.4 is 4.90 Å². The SMILES string of the molecule is CCN(C(=O)CN(C)C(C)c1cccs1)c1ccccc1C. The van der Waals surface area contributed by atoms with E-state index in [1.807, 2.05) is 50.1 Å². The molecule has 0 saturated heterocycles. The van der Waals surface area contributed by atoms with Crippen molar-refractivity contribution >= 4 is 22.9 Å². The smallest absolute Gasteiger partial charge is 0.241 e. The van der Waals surface area contributed by atoms with Gasteiger partial charge < -0.3 is 4.90 Å². The second kappa shape index (κ2) is 7.56. The van der Waals surface area contributed by atoms with E-state index < -0.39 is 0 Å². The molecule has 1 aromatic heterocycles. The number of nitrogens with zero attached hydrogens (tertiary/aromatic N) is 2. The van der Waals surface area contributed by atoms with Crippen LogP contribution in [0.25, 0.3) is 0 Å². The molecule has 4 heteroatoms. The molecule has 1 unspecified atom stereocenters. The molecular formula is C18H24N2OS. The molecule has 0 aliphatic carbocycles. The standard InChI is InChI=1S/C18H24N2OS/c1-5-20(16-10-7-6-9-14(16)2)18(21)13-19(4)15(3)17-11-8-12-22-17/h6-12,15H,5,13H2,1-4H3. The van der Waals surface area contributed by atoms with Crippen LogP contribution in [0.3, 0.4) is 0 Å². The number of aryl methyl sites for hydroxylation is 1. The number of likely N-dealkylation sites (N-methyl/N-ethyl adjacent to an activating group) is 2. The second-order valence-electron chi connectivity index (χ2n) is 5.53. The minimum Gasteiger partial charge on any atom is -0.311 e. The zero-order chi connectivity index (χ0) is 16.1. The van der Waals surface area contributed by atoms with Crippen LogP contribution >= 0.6 is 11.3 Å². The van der Waals surface area contributed by atoms with Crippen LogP contribution in [-0.2, 0) is 4.79 Å². The summed E-state index contributed by atoms with van der Waals surface area (Å²) >= 11 is 1.73. The van der Waals surface area contributed by atoms with Gasteiger partial charge in [0, 0.05) is 23.2 Å². The van der Waals surface area contributed by atoms with Gasteiger partial charge in [-0.05, 0) is 50.9 Å². The zero-order valence-corrected chi connectivity index (χ0v) is 14.6. The Balaban J connectivity index is 2.08. The van der Waals surface area contributed by atoms with Crippen LogP contribution in [0.2, 0.25) is 0 Å². The van der Waals surface area contributed by atoms with E-state index in [1.54, 1.807) is 11.3 Å². The summed E-state index contributed by atoms with van der Waals surface area (Å²) in [7, 11) is 2.01. The van der Waals surface area contributed by atoms with Gasteiger partial charge in [-0.1, -0.05) is 24.3 Å². The Kier molecular flexibility index (Phi) is 5.75. The van der Waals surface area contributed by atoms with Crippen LogP contribution in [0.5, 0.6) is 0 Å². The number of carbonyl (C=O) groups excluding carboxylic acids is 1. The van der Waals surface area contributed by atoms with Crippen molar-refractivity contribution in [2.24, 2.45) is 0 Å². The average molecular weight is 316 g/mol. The molecule has 3 nitrogen and oxygen atoms in total. The number of hydrogen-bond donors (Lipinski definition) is 0. The summed E-state index contributed by atoms with van der Waals surface area (Å²) in [6, 6.07) is 12.5. The number of carbonyl (C=O) groups is 1. The van der Waals surface area contributed by atoms with E-state index in [-0.39, 0.29) is 11.9 Å². The molecule has 0 saturated carbocycles. The van der Waals surface area contributed by atoms with E-state index >= 15 is 0 Å². The predicted octanol–water partition coefficient (Wildman–Crippen LogP) is 4.10. The number of benzene rings is 1. The zero-order valence-electron chi connectivity index (χ0n) is 13.7. The molecule has 2 rings (SSSR count). The highest BCUT2D eigenvalue weighted by atomic mass is 32.1. The third-order valence-electron chi connectivity index (χ3n) is 4.02. The van der Waals surface area contributed by atoms with Crippen molar-refractivity contribution < 1.29 is 4.79 Å². The van der Waals surface area contributed by atoms with Gasteiger partial charge >= 0.3 is 0 Å². The van der Waals surface area contributed by atoms with Gasteiger partial charge in [0.25, 0.3) is 0 Å². The van der Waals surface area contributed by atoms with Crippen molar-refractivity contribution in [2.75, 3.05) is 25.0 Å². The summed E-state index contributed by atoms with van der Waals surface area (Å²) in [4.78, 5) is 18.0. The fourth-order valence-electron chi connectivity index (χ4n) is 2.53. The topological polar surface area (TPSA) is 23.6 Å². The highest BCUT2D eigenvalue weighted by Crippen LogP contribution is 2.24. The van der Waals surface area contributed by atoms with E-state index in [2.05, 4.69) is 29.3 Å². The fraction of sp³-hybridized carbons (Fsp3) is 0.389. The van der Waals surface area contributed by atoms with Crippen molar-refractivity contribution in [3.63, 3.8) is 0 Å². The number of amides is 1. The highest BCUT2D eigenvalue weighted by Gasteiger charge is 2.20. The summed E-state index contributed by atoms with van der Waals surface area (Å²) in [5, 5.41) is 2.08. The molecule has 118 valence electrons. The Morgan fingerprint density at radius 1 is 1.23 bits per heavy atom. The van der Waals surface area contributed by atoms with Gasteiger partial charge in [0.1, 0.15) is 0 Å². The summed E-state index contributed by atoms with van der Waals surface area (Å²) in [5.41, 5.74) is 2.14. The van der Waals surface area contributed by atoms with Crippen LogP contribution in [0.4, 0.5) is 5.69 Å². The van der Waals surface area contributed by atoms with E-state index in [9.17, 15) is 4.79 Å². The lowest BCUT2D eigenvalue weighted by Gasteiger charge is -2.28. The van der Waals surface area contributed by atoms with Crippen molar-refractivity contribution in [3.8, 4) is 0 Å². The maximum atomic E-state index is 12.7. The summed E-state index contributed by atoms with van der Waals surface area (Å²) in [5.74, 6) is 0.141. The third-order valence-corrected chi connectivity index (χ3v) is 5.07. The second-order valence-corrected chi connectivity index (χ2v) is 6.51.